The first kappa shape index (κ1) is 18.5. The summed E-state index contributed by atoms with van der Waals surface area (Å²) in [4.78, 5) is 26.2. The molecule has 2 aromatic rings. The number of nitrogens with zero attached hydrogens (tertiary/aromatic N) is 1. The number of carboxylic acids is 1. The molecule has 1 spiro atoms. The number of hydrogen-bond donors (Lipinski definition) is 1. The van der Waals surface area contributed by atoms with E-state index in [-0.39, 0.29) is 23.7 Å². The van der Waals surface area contributed by atoms with E-state index in [4.69, 9.17) is 9.84 Å². The second-order valence-corrected chi connectivity index (χ2v) is 7.75. The minimum atomic E-state index is -0.826. The van der Waals surface area contributed by atoms with Crippen molar-refractivity contribution in [1.82, 2.24) is 4.90 Å². The Labute approximate surface area is 164 Å². The lowest BCUT2D eigenvalue weighted by Crippen LogP contribution is -2.36. The lowest BCUT2D eigenvalue weighted by Gasteiger charge is -2.29. The summed E-state index contributed by atoms with van der Waals surface area (Å²) in [5.74, 6) is 0.148. The molecule has 5 heteroatoms. The van der Waals surface area contributed by atoms with Crippen molar-refractivity contribution in [2.45, 2.75) is 37.6 Å². The van der Waals surface area contributed by atoms with Crippen LogP contribution < -0.4 is 4.74 Å². The summed E-state index contributed by atoms with van der Waals surface area (Å²) in [6.45, 7) is 1.62. The first-order valence-corrected chi connectivity index (χ1v) is 9.87. The van der Waals surface area contributed by atoms with Gasteiger partial charge in [-0.1, -0.05) is 48.5 Å². The Kier molecular flexibility index (Phi) is 5.07. The molecule has 1 N–H and O–H groups in total. The van der Waals surface area contributed by atoms with Crippen LogP contribution in [0.5, 0.6) is 5.75 Å². The predicted molar refractivity (Wildman–Crippen MR) is 105 cm³/mol. The molecule has 1 aliphatic carbocycles. The number of rotatable bonds is 7. The van der Waals surface area contributed by atoms with Crippen LogP contribution in [0.4, 0.5) is 0 Å². The Morgan fingerprint density at radius 3 is 2.64 bits per heavy atom. The molecule has 0 aromatic heterocycles. The maximum Gasteiger partial charge on any atom is 0.303 e. The fraction of sp³-hybridized carbons (Fsp3) is 0.391. The van der Waals surface area contributed by atoms with Gasteiger partial charge in [0.2, 0.25) is 5.91 Å². The van der Waals surface area contributed by atoms with Gasteiger partial charge in [-0.05, 0) is 30.9 Å². The SMILES string of the molecule is O=C(O)CCCN(Cc1ccccc1)C(=O)[C@@H]1C[C@]12CCOc1ccccc12. The molecule has 1 heterocycles. The summed E-state index contributed by atoms with van der Waals surface area (Å²) in [6, 6.07) is 17.9. The molecule has 2 aromatic carbocycles. The largest absolute Gasteiger partial charge is 0.493 e. The summed E-state index contributed by atoms with van der Waals surface area (Å²) in [5, 5.41) is 8.97. The van der Waals surface area contributed by atoms with Gasteiger partial charge in [-0.3, -0.25) is 9.59 Å². The number of amides is 1. The van der Waals surface area contributed by atoms with E-state index in [1.807, 2.05) is 53.4 Å². The highest BCUT2D eigenvalue weighted by Crippen LogP contribution is 2.61. The number of benzene rings is 2. The van der Waals surface area contributed by atoms with Crippen LogP contribution in [0.3, 0.4) is 0 Å². The van der Waals surface area contributed by atoms with Gasteiger partial charge in [-0.15, -0.1) is 0 Å². The van der Waals surface area contributed by atoms with Gasteiger partial charge >= 0.3 is 5.97 Å². The molecule has 1 saturated carbocycles. The van der Waals surface area contributed by atoms with Crippen LogP contribution in [0.1, 0.15) is 36.8 Å². The zero-order valence-electron chi connectivity index (χ0n) is 15.8. The second kappa shape index (κ2) is 7.66. The molecule has 0 unspecified atom stereocenters. The maximum atomic E-state index is 13.4. The summed E-state index contributed by atoms with van der Waals surface area (Å²) >= 11 is 0. The van der Waals surface area contributed by atoms with Crippen molar-refractivity contribution in [2.75, 3.05) is 13.2 Å². The molecule has 1 aliphatic heterocycles. The van der Waals surface area contributed by atoms with Crippen LogP contribution in [0.15, 0.2) is 54.6 Å². The van der Waals surface area contributed by atoms with E-state index in [0.29, 0.717) is 26.1 Å². The van der Waals surface area contributed by atoms with Crippen molar-refractivity contribution in [1.29, 1.82) is 0 Å². The summed E-state index contributed by atoms with van der Waals surface area (Å²) in [6.07, 6.45) is 2.24. The van der Waals surface area contributed by atoms with Gasteiger partial charge < -0.3 is 14.7 Å². The Balaban J connectivity index is 1.52. The highest BCUT2D eigenvalue weighted by Gasteiger charge is 2.61. The molecule has 0 bridgehead atoms. The minimum absolute atomic E-state index is 0.0499. The van der Waals surface area contributed by atoms with Gasteiger partial charge in [0, 0.05) is 36.4 Å². The van der Waals surface area contributed by atoms with Crippen LogP contribution in [0.2, 0.25) is 0 Å². The van der Waals surface area contributed by atoms with Crippen molar-refractivity contribution in [3.63, 3.8) is 0 Å². The van der Waals surface area contributed by atoms with Gasteiger partial charge in [-0.25, -0.2) is 0 Å². The second-order valence-electron chi connectivity index (χ2n) is 7.75. The van der Waals surface area contributed by atoms with E-state index in [0.717, 1.165) is 29.7 Å². The van der Waals surface area contributed by atoms with E-state index in [2.05, 4.69) is 6.07 Å². The number of ether oxygens (including phenoxy) is 1. The molecule has 2 aliphatic rings. The highest BCUT2D eigenvalue weighted by molar-refractivity contribution is 5.85. The number of carboxylic acid groups (broad SMARTS) is 1. The van der Waals surface area contributed by atoms with Gasteiger partial charge in [-0.2, -0.15) is 0 Å². The Hall–Kier alpha value is -2.82. The molecule has 0 radical (unpaired) electrons. The average molecular weight is 379 g/mol. The molecule has 2 atom stereocenters. The molecule has 1 fully saturated rings. The summed E-state index contributed by atoms with van der Waals surface area (Å²) in [7, 11) is 0. The minimum Gasteiger partial charge on any atom is -0.493 e. The van der Waals surface area contributed by atoms with Crippen LogP contribution >= 0.6 is 0 Å². The van der Waals surface area contributed by atoms with Crippen LogP contribution in [0.25, 0.3) is 0 Å². The van der Waals surface area contributed by atoms with Crippen LogP contribution in [-0.2, 0) is 21.5 Å². The van der Waals surface area contributed by atoms with Crippen molar-refractivity contribution < 1.29 is 19.4 Å². The lowest BCUT2D eigenvalue weighted by molar-refractivity contribution is -0.138. The fourth-order valence-corrected chi connectivity index (χ4v) is 4.40. The van der Waals surface area contributed by atoms with Gasteiger partial charge in [0.25, 0.3) is 0 Å². The van der Waals surface area contributed by atoms with Crippen molar-refractivity contribution in [3.8, 4) is 5.75 Å². The van der Waals surface area contributed by atoms with Crippen molar-refractivity contribution >= 4 is 11.9 Å². The van der Waals surface area contributed by atoms with Gasteiger partial charge in [0.05, 0.1) is 6.61 Å². The first-order valence-electron chi connectivity index (χ1n) is 9.87. The number of carbonyl (C=O) groups excluding carboxylic acids is 1. The van der Waals surface area contributed by atoms with E-state index in [1.165, 1.54) is 0 Å². The van der Waals surface area contributed by atoms with E-state index >= 15 is 0 Å². The monoisotopic (exact) mass is 379 g/mol. The Bertz CT molecular complexity index is 866. The van der Waals surface area contributed by atoms with E-state index in [1.54, 1.807) is 0 Å². The standard InChI is InChI=1S/C23H25NO4/c25-21(26)11-6-13-24(16-17-7-2-1-3-8-17)22(27)19-15-23(19)12-14-28-20-10-5-4-9-18(20)23/h1-5,7-10,19H,6,11-16H2,(H,25,26)/t19-,23-/m0/s1. The summed E-state index contributed by atoms with van der Waals surface area (Å²) in [5.41, 5.74) is 2.09. The van der Waals surface area contributed by atoms with Crippen molar-refractivity contribution in [3.05, 3.63) is 65.7 Å². The number of fused-ring (bicyclic) bond motifs is 2. The zero-order chi connectivity index (χ0) is 19.6. The highest BCUT2D eigenvalue weighted by atomic mass is 16.5. The van der Waals surface area contributed by atoms with Crippen LogP contribution in [0, 0.1) is 5.92 Å². The summed E-state index contributed by atoms with van der Waals surface area (Å²) < 4.78 is 5.78. The van der Waals surface area contributed by atoms with Crippen molar-refractivity contribution in [2.24, 2.45) is 5.92 Å². The first-order chi connectivity index (χ1) is 13.6. The topological polar surface area (TPSA) is 66.8 Å². The number of aliphatic carboxylic acids is 1. The molecular weight excluding hydrogens is 354 g/mol. The molecule has 28 heavy (non-hydrogen) atoms. The normalized spacial score (nSPS) is 22.2. The molecular formula is C23H25NO4. The third kappa shape index (κ3) is 3.61. The Morgan fingerprint density at radius 2 is 1.86 bits per heavy atom. The molecule has 5 nitrogen and oxygen atoms in total. The lowest BCUT2D eigenvalue weighted by atomic mass is 9.87. The van der Waals surface area contributed by atoms with Crippen LogP contribution in [-0.4, -0.2) is 35.0 Å². The molecule has 146 valence electrons. The smallest absolute Gasteiger partial charge is 0.303 e. The average Bonchev–Trinajstić information content (AvgIpc) is 3.42. The van der Waals surface area contributed by atoms with E-state index in [9.17, 15) is 9.59 Å². The van der Waals surface area contributed by atoms with E-state index < -0.39 is 5.97 Å². The number of para-hydroxylation sites is 1. The quantitative estimate of drug-likeness (QED) is 0.798. The van der Waals surface area contributed by atoms with Gasteiger partial charge in [0.15, 0.2) is 0 Å². The molecule has 1 amide bonds. The molecule has 0 saturated heterocycles. The third-order valence-electron chi connectivity index (χ3n) is 5.95. The Morgan fingerprint density at radius 1 is 1.11 bits per heavy atom. The molecule has 4 rings (SSSR count). The third-order valence-corrected chi connectivity index (χ3v) is 5.95. The van der Waals surface area contributed by atoms with Gasteiger partial charge in [0.1, 0.15) is 5.75 Å². The number of hydrogen-bond acceptors (Lipinski definition) is 3. The maximum absolute atomic E-state index is 13.4. The fourth-order valence-electron chi connectivity index (χ4n) is 4.40. The predicted octanol–water partition coefficient (Wildman–Crippen LogP) is 3.62. The number of carbonyl (C=O) groups is 2. The zero-order valence-corrected chi connectivity index (χ0v) is 15.8.